The zero-order chi connectivity index (χ0) is 17.2. The van der Waals surface area contributed by atoms with Crippen molar-refractivity contribution in [1.29, 1.82) is 0 Å². The average Bonchev–Trinajstić information content (AvgIpc) is 3.06. The summed E-state index contributed by atoms with van der Waals surface area (Å²) in [6.07, 6.45) is 6.13. The molecule has 1 saturated heterocycles. The van der Waals surface area contributed by atoms with Crippen LogP contribution in [0.5, 0.6) is 11.5 Å². The summed E-state index contributed by atoms with van der Waals surface area (Å²) in [5.41, 5.74) is 0.587. The molecule has 5 nitrogen and oxygen atoms in total. The van der Waals surface area contributed by atoms with E-state index < -0.39 is 0 Å². The number of piperazine rings is 1. The Morgan fingerprint density at radius 1 is 1.00 bits per heavy atom. The highest BCUT2D eigenvalue weighted by molar-refractivity contribution is 6.32. The highest BCUT2D eigenvalue weighted by atomic mass is 35.5. The first-order chi connectivity index (χ1) is 12.2. The lowest BCUT2D eigenvalue weighted by Gasteiger charge is -2.38. The quantitative estimate of drug-likeness (QED) is 0.808. The van der Waals surface area contributed by atoms with Crippen molar-refractivity contribution >= 4 is 17.5 Å². The Labute approximate surface area is 153 Å². The summed E-state index contributed by atoms with van der Waals surface area (Å²) >= 11 is 6.33. The number of fused-ring (bicyclic) bond motifs is 1. The molecule has 0 N–H and O–H groups in total. The SMILES string of the molecule is O=C(c1cc(Cl)c2c(c1)OCCCO2)N1CCN(C2CCCC2)CC1. The third-order valence-corrected chi connectivity index (χ3v) is 5.77. The summed E-state index contributed by atoms with van der Waals surface area (Å²) in [5, 5.41) is 0.451. The molecular formula is C19H25ClN2O3. The molecule has 4 rings (SSSR count). The van der Waals surface area contributed by atoms with E-state index in [-0.39, 0.29) is 5.91 Å². The lowest BCUT2D eigenvalue weighted by Crippen LogP contribution is -2.51. The molecule has 1 saturated carbocycles. The molecule has 3 aliphatic rings. The van der Waals surface area contributed by atoms with Gasteiger partial charge in [0.05, 0.1) is 18.2 Å². The number of rotatable bonds is 2. The van der Waals surface area contributed by atoms with Crippen LogP contribution in [0.1, 0.15) is 42.5 Å². The summed E-state index contributed by atoms with van der Waals surface area (Å²) in [4.78, 5) is 17.4. The first-order valence-electron chi connectivity index (χ1n) is 9.35. The maximum Gasteiger partial charge on any atom is 0.254 e. The van der Waals surface area contributed by atoms with Crippen molar-refractivity contribution in [3.63, 3.8) is 0 Å². The summed E-state index contributed by atoms with van der Waals surface area (Å²) in [5.74, 6) is 1.17. The summed E-state index contributed by atoms with van der Waals surface area (Å²) < 4.78 is 11.3. The zero-order valence-electron chi connectivity index (χ0n) is 14.5. The number of halogens is 1. The number of carbonyl (C=O) groups excluding carboxylic acids is 1. The van der Waals surface area contributed by atoms with Gasteiger partial charge in [0.25, 0.3) is 5.91 Å². The largest absolute Gasteiger partial charge is 0.489 e. The Kier molecular flexibility index (Phi) is 5.04. The van der Waals surface area contributed by atoms with E-state index in [4.69, 9.17) is 21.1 Å². The second-order valence-corrected chi connectivity index (χ2v) is 7.51. The molecule has 1 aromatic rings. The molecule has 2 fully saturated rings. The van der Waals surface area contributed by atoms with E-state index in [9.17, 15) is 4.79 Å². The smallest absolute Gasteiger partial charge is 0.254 e. The number of hydrogen-bond donors (Lipinski definition) is 0. The third-order valence-electron chi connectivity index (χ3n) is 5.49. The summed E-state index contributed by atoms with van der Waals surface area (Å²) in [7, 11) is 0. The van der Waals surface area contributed by atoms with Gasteiger partial charge in [-0.25, -0.2) is 0 Å². The molecule has 2 aliphatic heterocycles. The van der Waals surface area contributed by atoms with Crippen LogP contribution < -0.4 is 9.47 Å². The van der Waals surface area contributed by atoms with Crippen LogP contribution in [0.3, 0.4) is 0 Å². The van der Waals surface area contributed by atoms with Crippen LogP contribution in [0, 0.1) is 0 Å². The van der Waals surface area contributed by atoms with Crippen LogP contribution in [-0.2, 0) is 0 Å². The second-order valence-electron chi connectivity index (χ2n) is 7.10. The van der Waals surface area contributed by atoms with E-state index in [0.29, 0.717) is 35.3 Å². The lowest BCUT2D eigenvalue weighted by molar-refractivity contribution is 0.0573. The zero-order valence-corrected chi connectivity index (χ0v) is 15.3. The Bertz CT molecular complexity index is 638. The predicted octanol–water partition coefficient (Wildman–Crippen LogP) is 3.20. The van der Waals surface area contributed by atoms with E-state index in [1.54, 1.807) is 12.1 Å². The Morgan fingerprint density at radius 3 is 2.48 bits per heavy atom. The maximum absolute atomic E-state index is 12.9. The molecule has 0 unspecified atom stereocenters. The number of amides is 1. The van der Waals surface area contributed by atoms with E-state index in [2.05, 4.69) is 4.90 Å². The van der Waals surface area contributed by atoms with Crippen molar-refractivity contribution in [2.75, 3.05) is 39.4 Å². The number of benzene rings is 1. The Morgan fingerprint density at radius 2 is 1.72 bits per heavy atom. The van der Waals surface area contributed by atoms with Gasteiger partial charge in [0.2, 0.25) is 0 Å². The number of ether oxygens (including phenoxy) is 2. The molecule has 1 aliphatic carbocycles. The molecule has 25 heavy (non-hydrogen) atoms. The van der Waals surface area contributed by atoms with Crippen LogP contribution in [0.15, 0.2) is 12.1 Å². The number of nitrogens with zero attached hydrogens (tertiary/aromatic N) is 2. The van der Waals surface area contributed by atoms with Gasteiger partial charge in [-0.1, -0.05) is 24.4 Å². The minimum atomic E-state index is 0.0311. The average molecular weight is 365 g/mol. The fourth-order valence-electron chi connectivity index (χ4n) is 4.10. The molecular weight excluding hydrogens is 340 g/mol. The molecule has 0 radical (unpaired) electrons. The molecule has 0 aromatic heterocycles. The van der Waals surface area contributed by atoms with Crippen LogP contribution in [-0.4, -0.2) is 61.1 Å². The van der Waals surface area contributed by atoms with Gasteiger partial charge < -0.3 is 14.4 Å². The van der Waals surface area contributed by atoms with Crippen LogP contribution in [0.2, 0.25) is 5.02 Å². The fourth-order valence-corrected chi connectivity index (χ4v) is 4.36. The first-order valence-corrected chi connectivity index (χ1v) is 9.72. The monoisotopic (exact) mass is 364 g/mol. The van der Waals surface area contributed by atoms with E-state index in [0.717, 1.165) is 38.6 Å². The first kappa shape index (κ1) is 17.0. The molecule has 2 heterocycles. The number of hydrogen-bond acceptors (Lipinski definition) is 4. The minimum Gasteiger partial charge on any atom is -0.489 e. The molecule has 0 bridgehead atoms. The lowest BCUT2D eigenvalue weighted by atomic mass is 10.1. The standard InChI is InChI=1S/C19H25ClN2O3/c20-16-12-14(13-17-18(16)25-11-3-10-24-17)19(23)22-8-6-21(7-9-22)15-4-1-2-5-15/h12-13,15H,1-11H2. The third kappa shape index (κ3) is 3.58. The van der Waals surface area contributed by atoms with E-state index >= 15 is 0 Å². The molecule has 0 atom stereocenters. The fraction of sp³-hybridized carbons (Fsp3) is 0.632. The van der Waals surface area contributed by atoms with Crippen molar-refractivity contribution in [3.8, 4) is 11.5 Å². The Hall–Kier alpha value is -1.46. The van der Waals surface area contributed by atoms with Gasteiger partial charge in [0, 0.05) is 44.2 Å². The van der Waals surface area contributed by atoms with Crippen molar-refractivity contribution in [3.05, 3.63) is 22.7 Å². The summed E-state index contributed by atoms with van der Waals surface area (Å²) in [6, 6.07) is 4.21. The molecule has 0 spiro atoms. The van der Waals surface area contributed by atoms with Crippen LogP contribution in [0.25, 0.3) is 0 Å². The summed E-state index contributed by atoms with van der Waals surface area (Å²) in [6.45, 7) is 4.66. The predicted molar refractivity (Wildman–Crippen MR) is 96.8 cm³/mol. The van der Waals surface area contributed by atoms with Gasteiger partial charge in [0.15, 0.2) is 11.5 Å². The van der Waals surface area contributed by atoms with Crippen molar-refractivity contribution in [1.82, 2.24) is 9.80 Å². The normalized spacial score (nSPS) is 22.0. The number of carbonyl (C=O) groups is 1. The van der Waals surface area contributed by atoms with Gasteiger partial charge in [0.1, 0.15) is 0 Å². The topological polar surface area (TPSA) is 42.0 Å². The second kappa shape index (κ2) is 7.42. The van der Waals surface area contributed by atoms with Gasteiger partial charge in [-0.15, -0.1) is 0 Å². The molecule has 136 valence electrons. The van der Waals surface area contributed by atoms with Crippen molar-refractivity contribution < 1.29 is 14.3 Å². The highest BCUT2D eigenvalue weighted by Gasteiger charge is 2.29. The van der Waals surface area contributed by atoms with Crippen molar-refractivity contribution in [2.45, 2.75) is 38.1 Å². The van der Waals surface area contributed by atoms with Crippen LogP contribution in [0.4, 0.5) is 0 Å². The van der Waals surface area contributed by atoms with E-state index in [1.807, 2.05) is 4.90 Å². The van der Waals surface area contributed by atoms with Gasteiger partial charge in [-0.05, 0) is 25.0 Å². The van der Waals surface area contributed by atoms with E-state index in [1.165, 1.54) is 25.7 Å². The molecule has 1 aromatic carbocycles. The van der Waals surface area contributed by atoms with Crippen LogP contribution >= 0.6 is 11.6 Å². The maximum atomic E-state index is 12.9. The minimum absolute atomic E-state index is 0.0311. The van der Waals surface area contributed by atoms with Gasteiger partial charge in [-0.3, -0.25) is 9.69 Å². The van der Waals surface area contributed by atoms with Crippen molar-refractivity contribution in [2.24, 2.45) is 0 Å². The highest BCUT2D eigenvalue weighted by Crippen LogP contribution is 2.38. The van der Waals surface area contributed by atoms with Gasteiger partial charge in [-0.2, -0.15) is 0 Å². The molecule has 6 heteroatoms. The van der Waals surface area contributed by atoms with Gasteiger partial charge >= 0.3 is 0 Å². The molecule has 1 amide bonds. The Balaban J connectivity index is 1.44.